The van der Waals surface area contributed by atoms with E-state index in [9.17, 15) is 14.4 Å². The number of carbonyl (C=O) groups excluding carboxylic acids is 1. The number of hydrogen-bond acceptors (Lipinski definition) is 5. The van der Waals surface area contributed by atoms with Crippen molar-refractivity contribution in [1.29, 1.82) is 0 Å². The maximum atomic E-state index is 11.3. The van der Waals surface area contributed by atoms with E-state index >= 15 is 0 Å². The van der Waals surface area contributed by atoms with Crippen LogP contribution in [0.2, 0.25) is 0 Å². The van der Waals surface area contributed by atoms with Crippen molar-refractivity contribution in [3.05, 3.63) is 32.6 Å². The minimum Gasteiger partial charge on any atom is -0.394 e. The van der Waals surface area contributed by atoms with Gasteiger partial charge in [-0.15, -0.1) is 0 Å². The third kappa shape index (κ3) is 3.33. The van der Waals surface area contributed by atoms with Crippen LogP contribution in [0, 0.1) is 0 Å². The fourth-order valence-electron chi connectivity index (χ4n) is 0.961. The Kier molecular flexibility index (Phi) is 3.97. The van der Waals surface area contributed by atoms with E-state index < -0.39 is 29.9 Å². The summed E-state index contributed by atoms with van der Waals surface area (Å²) >= 11 is 0. The largest absolute Gasteiger partial charge is 0.394 e. The molecule has 0 saturated heterocycles. The number of aliphatic hydroxyl groups excluding tert-OH is 2. The van der Waals surface area contributed by atoms with E-state index in [2.05, 4.69) is 10.3 Å². The van der Waals surface area contributed by atoms with Gasteiger partial charge in [0.2, 0.25) is 0 Å². The maximum absolute atomic E-state index is 11.3. The zero-order valence-corrected chi connectivity index (χ0v) is 8.19. The Hall–Kier alpha value is -1.93. The van der Waals surface area contributed by atoms with Gasteiger partial charge < -0.3 is 20.5 Å². The zero-order chi connectivity index (χ0) is 12.1. The third-order valence-electron chi connectivity index (χ3n) is 1.71. The predicted octanol–water partition coefficient (Wildman–Crippen LogP) is -2.85. The smallest absolute Gasteiger partial charge is 0.326 e. The Labute approximate surface area is 89.0 Å². The molecule has 1 atom stereocenters. The number of carbonyl (C=O) groups is 1. The first-order valence-corrected chi connectivity index (χ1v) is 4.43. The van der Waals surface area contributed by atoms with Gasteiger partial charge in [0.05, 0.1) is 12.7 Å². The van der Waals surface area contributed by atoms with Crippen molar-refractivity contribution < 1.29 is 15.0 Å². The van der Waals surface area contributed by atoms with Gasteiger partial charge in [0, 0.05) is 12.6 Å². The van der Waals surface area contributed by atoms with Crippen LogP contribution < -0.4 is 16.6 Å². The number of H-pyrrole nitrogens is 2. The van der Waals surface area contributed by atoms with Gasteiger partial charge in [-0.25, -0.2) is 4.79 Å². The van der Waals surface area contributed by atoms with Crippen molar-refractivity contribution in [2.75, 3.05) is 13.2 Å². The number of rotatable bonds is 4. The monoisotopic (exact) mass is 229 g/mol. The molecular formula is C8H11N3O5. The molecule has 8 nitrogen and oxygen atoms in total. The Balaban J connectivity index is 2.73. The second-order valence-corrected chi connectivity index (χ2v) is 3.05. The van der Waals surface area contributed by atoms with E-state index in [1.54, 1.807) is 0 Å². The Morgan fingerprint density at radius 2 is 2.12 bits per heavy atom. The van der Waals surface area contributed by atoms with Crippen LogP contribution in [-0.4, -0.2) is 45.3 Å². The zero-order valence-electron chi connectivity index (χ0n) is 8.19. The van der Waals surface area contributed by atoms with Crippen LogP contribution in [0.1, 0.15) is 10.5 Å². The molecule has 1 heterocycles. The van der Waals surface area contributed by atoms with E-state index in [1.165, 1.54) is 0 Å². The fourth-order valence-corrected chi connectivity index (χ4v) is 0.961. The van der Waals surface area contributed by atoms with Crippen molar-refractivity contribution in [1.82, 2.24) is 15.3 Å². The topological polar surface area (TPSA) is 135 Å². The van der Waals surface area contributed by atoms with Crippen LogP contribution in [0.4, 0.5) is 0 Å². The van der Waals surface area contributed by atoms with Crippen LogP contribution in [0.25, 0.3) is 0 Å². The molecule has 0 spiro atoms. The molecule has 1 amide bonds. The number of nitrogens with one attached hydrogen (secondary N) is 3. The summed E-state index contributed by atoms with van der Waals surface area (Å²) in [5.74, 6) is -0.712. The molecule has 0 aliphatic heterocycles. The first kappa shape index (κ1) is 12.1. The minimum atomic E-state index is -1.09. The molecule has 16 heavy (non-hydrogen) atoms. The molecule has 0 aliphatic rings. The van der Waals surface area contributed by atoms with E-state index in [-0.39, 0.29) is 12.2 Å². The van der Waals surface area contributed by atoms with Gasteiger partial charge in [-0.3, -0.25) is 14.6 Å². The molecule has 1 aromatic heterocycles. The van der Waals surface area contributed by atoms with Gasteiger partial charge in [0.25, 0.3) is 11.5 Å². The highest BCUT2D eigenvalue weighted by molar-refractivity contribution is 5.92. The number of amides is 1. The lowest BCUT2D eigenvalue weighted by atomic mass is 10.3. The molecule has 1 rings (SSSR count). The second-order valence-electron chi connectivity index (χ2n) is 3.05. The van der Waals surface area contributed by atoms with Crippen molar-refractivity contribution in [3.8, 4) is 0 Å². The molecule has 1 unspecified atom stereocenters. The lowest BCUT2D eigenvalue weighted by molar-refractivity contribution is 0.0798. The molecule has 0 aliphatic carbocycles. The number of aliphatic hydroxyl groups is 2. The summed E-state index contributed by atoms with van der Waals surface area (Å²) in [5.41, 5.74) is -1.70. The van der Waals surface area contributed by atoms with Crippen LogP contribution in [-0.2, 0) is 0 Å². The predicted molar refractivity (Wildman–Crippen MR) is 53.1 cm³/mol. The summed E-state index contributed by atoms with van der Waals surface area (Å²) in [7, 11) is 0. The molecule has 0 aromatic carbocycles. The molecule has 0 saturated carbocycles. The van der Waals surface area contributed by atoms with Crippen LogP contribution in [0.15, 0.2) is 15.7 Å². The maximum Gasteiger partial charge on any atom is 0.326 e. The highest BCUT2D eigenvalue weighted by Crippen LogP contribution is 1.86. The van der Waals surface area contributed by atoms with Gasteiger partial charge in [-0.2, -0.15) is 0 Å². The number of aromatic nitrogens is 2. The van der Waals surface area contributed by atoms with Gasteiger partial charge in [0.15, 0.2) is 0 Å². The SMILES string of the molecule is O=C(NCC(O)CO)c1cc(=O)[nH]c(=O)[nH]1. The second kappa shape index (κ2) is 5.24. The molecule has 0 radical (unpaired) electrons. The molecule has 88 valence electrons. The van der Waals surface area contributed by atoms with E-state index in [0.29, 0.717) is 0 Å². The van der Waals surface area contributed by atoms with Crippen LogP contribution in [0.3, 0.4) is 0 Å². The first-order chi connectivity index (χ1) is 7.52. The lowest BCUT2D eigenvalue weighted by Crippen LogP contribution is -2.36. The van der Waals surface area contributed by atoms with E-state index in [4.69, 9.17) is 10.2 Å². The summed E-state index contributed by atoms with van der Waals surface area (Å²) in [5, 5.41) is 19.7. The molecular weight excluding hydrogens is 218 g/mol. The lowest BCUT2D eigenvalue weighted by Gasteiger charge is -2.08. The minimum absolute atomic E-state index is 0.176. The highest BCUT2D eigenvalue weighted by Gasteiger charge is 2.09. The summed E-state index contributed by atoms with van der Waals surface area (Å²) in [6, 6.07) is 0.919. The van der Waals surface area contributed by atoms with Gasteiger partial charge in [-0.1, -0.05) is 0 Å². The summed E-state index contributed by atoms with van der Waals surface area (Å²) < 4.78 is 0. The van der Waals surface area contributed by atoms with Crippen molar-refractivity contribution in [2.45, 2.75) is 6.10 Å². The fraction of sp³-hybridized carbons (Fsp3) is 0.375. The quantitative estimate of drug-likeness (QED) is 0.378. The third-order valence-corrected chi connectivity index (χ3v) is 1.71. The van der Waals surface area contributed by atoms with Gasteiger partial charge >= 0.3 is 5.69 Å². The highest BCUT2D eigenvalue weighted by atomic mass is 16.3. The van der Waals surface area contributed by atoms with Crippen LogP contribution in [0.5, 0.6) is 0 Å². The molecule has 0 bridgehead atoms. The Morgan fingerprint density at radius 3 is 2.69 bits per heavy atom. The molecule has 1 aromatic rings. The number of aromatic amines is 2. The normalized spacial score (nSPS) is 12.1. The van der Waals surface area contributed by atoms with E-state index in [1.807, 2.05) is 4.98 Å². The van der Waals surface area contributed by atoms with Crippen molar-refractivity contribution >= 4 is 5.91 Å². The van der Waals surface area contributed by atoms with Gasteiger partial charge in [-0.05, 0) is 0 Å². The number of hydrogen-bond donors (Lipinski definition) is 5. The molecule has 5 N–H and O–H groups in total. The average molecular weight is 229 g/mol. The molecule has 0 fully saturated rings. The van der Waals surface area contributed by atoms with Gasteiger partial charge in [0.1, 0.15) is 5.69 Å². The Morgan fingerprint density at radius 1 is 1.44 bits per heavy atom. The Bertz CT molecular complexity index is 449. The van der Waals surface area contributed by atoms with Crippen LogP contribution >= 0.6 is 0 Å². The molecule has 8 heteroatoms. The van der Waals surface area contributed by atoms with E-state index in [0.717, 1.165) is 6.07 Å². The average Bonchev–Trinajstić information content (AvgIpc) is 2.23. The summed E-state index contributed by atoms with van der Waals surface area (Å²) in [6.07, 6.45) is -1.09. The summed E-state index contributed by atoms with van der Waals surface area (Å²) in [4.78, 5) is 37.1. The first-order valence-electron chi connectivity index (χ1n) is 4.43. The van der Waals surface area contributed by atoms with Crippen molar-refractivity contribution in [3.63, 3.8) is 0 Å². The summed E-state index contributed by atoms with van der Waals surface area (Å²) in [6.45, 7) is -0.670. The standard InChI is InChI=1S/C8H11N3O5/c12-3-4(13)2-9-7(15)5-1-6(14)11-8(16)10-5/h1,4,12-13H,2-3H2,(H,9,15)(H2,10,11,14,16). The van der Waals surface area contributed by atoms with Crippen molar-refractivity contribution in [2.24, 2.45) is 0 Å².